The van der Waals surface area contributed by atoms with Crippen LogP contribution in [0.5, 0.6) is 0 Å². The van der Waals surface area contributed by atoms with E-state index in [4.69, 9.17) is 4.52 Å². The zero-order valence-electron chi connectivity index (χ0n) is 12.1. The largest absolute Gasteiger partial charge is 0.360 e. The summed E-state index contributed by atoms with van der Waals surface area (Å²) >= 11 is 0. The van der Waals surface area contributed by atoms with E-state index in [1.54, 1.807) is 26.0 Å². The number of aryl methyl sites for hydroxylation is 2. The lowest BCUT2D eigenvalue weighted by molar-refractivity contribution is -0.115. The number of carbonyl (C=O) groups excluding carboxylic acids is 1. The number of hydrogen-bond donors (Lipinski definition) is 2. The average Bonchev–Trinajstić information content (AvgIpc) is 2.98. The molecule has 116 valence electrons. The van der Waals surface area contributed by atoms with E-state index >= 15 is 0 Å². The third-order valence-corrected chi connectivity index (χ3v) is 5.14. The van der Waals surface area contributed by atoms with Gasteiger partial charge in [-0.2, -0.15) is 0 Å². The molecule has 1 amide bonds. The Labute approximate surface area is 127 Å². The second-order valence-corrected chi connectivity index (χ2v) is 6.90. The van der Waals surface area contributed by atoms with Crippen molar-refractivity contribution < 1.29 is 17.7 Å². The number of carbonyl (C=O) groups is 1. The first-order valence-electron chi connectivity index (χ1n) is 6.71. The number of rotatable bonds is 4. The van der Waals surface area contributed by atoms with Crippen LogP contribution < -0.4 is 10.0 Å². The molecular formula is C14H15N3O4S. The summed E-state index contributed by atoms with van der Waals surface area (Å²) in [7, 11) is -3.69. The molecule has 22 heavy (non-hydrogen) atoms. The van der Waals surface area contributed by atoms with E-state index in [9.17, 15) is 13.2 Å². The quantitative estimate of drug-likeness (QED) is 0.883. The number of nitrogens with zero attached hydrogens (tertiary/aromatic N) is 1. The number of benzene rings is 1. The van der Waals surface area contributed by atoms with Gasteiger partial charge in [-0.15, -0.1) is 0 Å². The molecular weight excluding hydrogens is 306 g/mol. The third-order valence-electron chi connectivity index (χ3n) is 3.50. The Morgan fingerprint density at radius 3 is 2.82 bits per heavy atom. The van der Waals surface area contributed by atoms with Gasteiger partial charge in [0.1, 0.15) is 10.6 Å². The lowest BCUT2D eigenvalue weighted by Gasteiger charge is -2.07. The predicted molar refractivity (Wildman–Crippen MR) is 78.8 cm³/mol. The van der Waals surface area contributed by atoms with Gasteiger partial charge in [0, 0.05) is 12.2 Å². The summed E-state index contributed by atoms with van der Waals surface area (Å²) in [5.74, 6) is 0.206. The Hall–Kier alpha value is -2.19. The fourth-order valence-electron chi connectivity index (χ4n) is 2.50. The van der Waals surface area contributed by atoms with Crippen LogP contribution in [0, 0.1) is 13.8 Å². The van der Waals surface area contributed by atoms with E-state index in [-0.39, 0.29) is 23.1 Å². The zero-order valence-corrected chi connectivity index (χ0v) is 13.0. The molecule has 0 bridgehead atoms. The lowest BCUT2D eigenvalue weighted by Crippen LogP contribution is -2.24. The van der Waals surface area contributed by atoms with E-state index in [1.807, 2.05) is 6.07 Å². The Bertz CT molecular complexity index is 835. The molecule has 0 aliphatic carbocycles. The second-order valence-electron chi connectivity index (χ2n) is 5.19. The maximum Gasteiger partial charge on any atom is 0.246 e. The van der Waals surface area contributed by atoms with E-state index < -0.39 is 10.0 Å². The van der Waals surface area contributed by atoms with Gasteiger partial charge in [-0.3, -0.25) is 4.79 Å². The molecule has 8 heteroatoms. The van der Waals surface area contributed by atoms with Crippen LogP contribution in [0.4, 0.5) is 5.69 Å². The summed E-state index contributed by atoms with van der Waals surface area (Å²) in [4.78, 5) is 11.4. The van der Waals surface area contributed by atoms with E-state index in [2.05, 4.69) is 15.2 Å². The summed E-state index contributed by atoms with van der Waals surface area (Å²) in [6.07, 6.45) is 0.319. The Morgan fingerprint density at radius 2 is 2.14 bits per heavy atom. The molecule has 2 aromatic rings. The highest BCUT2D eigenvalue weighted by Gasteiger charge is 2.24. The standard InChI is InChI=1S/C14H15N3O4S/c1-8-14(9(2)21-17-8)22(19,20)15-7-10-3-4-12-11(5-10)6-13(18)16-12/h3-5,15H,6-7H2,1-2H3,(H,16,18). The van der Waals surface area contributed by atoms with Crippen LogP contribution in [0.1, 0.15) is 22.6 Å². The molecule has 0 saturated carbocycles. The van der Waals surface area contributed by atoms with Crippen LogP contribution in [0.15, 0.2) is 27.6 Å². The van der Waals surface area contributed by atoms with Gasteiger partial charge in [0.05, 0.1) is 6.42 Å². The van der Waals surface area contributed by atoms with Crippen molar-refractivity contribution in [3.05, 3.63) is 40.8 Å². The molecule has 2 heterocycles. The minimum atomic E-state index is -3.69. The van der Waals surface area contributed by atoms with Crippen molar-refractivity contribution in [3.8, 4) is 0 Å². The summed E-state index contributed by atoms with van der Waals surface area (Å²) in [6.45, 7) is 3.27. The second kappa shape index (κ2) is 5.22. The first-order chi connectivity index (χ1) is 10.4. The fourth-order valence-corrected chi connectivity index (χ4v) is 3.84. The third kappa shape index (κ3) is 2.62. The number of sulfonamides is 1. The Kier molecular flexibility index (Phi) is 3.50. The molecule has 0 spiro atoms. The Morgan fingerprint density at radius 1 is 1.36 bits per heavy atom. The maximum atomic E-state index is 12.3. The number of fused-ring (bicyclic) bond motifs is 1. The summed E-state index contributed by atoms with van der Waals surface area (Å²) in [5, 5.41) is 6.39. The molecule has 0 radical (unpaired) electrons. The maximum absolute atomic E-state index is 12.3. The normalized spacial score (nSPS) is 14.0. The first-order valence-corrected chi connectivity index (χ1v) is 8.19. The number of nitrogens with one attached hydrogen (secondary N) is 2. The topological polar surface area (TPSA) is 101 Å². The fraction of sp³-hybridized carbons (Fsp3) is 0.286. The monoisotopic (exact) mass is 321 g/mol. The molecule has 1 aliphatic rings. The zero-order chi connectivity index (χ0) is 15.9. The highest BCUT2D eigenvalue weighted by Crippen LogP contribution is 2.24. The minimum absolute atomic E-state index is 0.0524. The van der Waals surface area contributed by atoms with Crippen LogP contribution in [0.3, 0.4) is 0 Å². The van der Waals surface area contributed by atoms with Crippen molar-refractivity contribution in [2.75, 3.05) is 5.32 Å². The van der Waals surface area contributed by atoms with Crippen LogP contribution in [-0.2, 0) is 27.8 Å². The number of hydrogen-bond acceptors (Lipinski definition) is 5. The van der Waals surface area contributed by atoms with Crippen LogP contribution in [0.2, 0.25) is 0 Å². The van der Waals surface area contributed by atoms with E-state index in [0.29, 0.717) is 12.1 Å². The van der Waals surface area contributed by atoms with Crippen LogP contribution in [-0.4, -0.2) is 19.5 Å². The molecule has 0 saturated heterocycles. The molecule has 3 rings (SSSR count). The average molecular weight is 321 g/mol. The number of aromatic nitrogens is 1. The molecule has 7 nitrogen and oxygen atoms in total. The van der Waals surface area contributed by atoms with Gasteiger partial charge < -0.3 is 9.84 Å². The van der Waals surface area contributed by atoms with Gasteiger partial charge in [0.25, 0.3) is 0 Å². The SMILES string of the molecule is Cc1noc(C)c1S(=O)(=O)NCc1ccc2c(c1)CC(=O)N2. The predicted octanol–water partition coefficient (Wildman–Crippen LogP) is 1.26. The van der Waals surface area contributed by atoms with Gasteiger partial charge in [-0.25, -0.2) is 13.1 Å². The van der Waals surface area contributed by atoms with Crippen molar-refractivity contribution >= 4 is 21.6 Å². The van der Waals surface area contributed by atoms with Crippen LogP contribution in [0.25, 0.3) is 0 Å². The first kappa shape index (κ1) is 14.7. The molecule has 1 aromatic carbocycles. The van der Waals surface area contributed by atoms with Gasteiger partial charge in [-0.1, -0.05) is 17.3 Å². The highest BCUT2D eigenvalue weighted by atomic mass is 32.2. The number of amides is 1. The van der Waals surface area contributed by atoms with Crippen molar-refractivity contribution in [2.24, 2.45) is 0 Å². The van der Waals surface area contributed by atoms with Crippen molar-refractivity contribution in [1.29, 1.82) is 0 Å². The van der Waals surface area contributed by atoms with Crippen molar-refractivity contribution in [2.45, 2.75) is 31.7 Å². The molecule has 0 unspecified atom stereocenters. The molecule has 0 atom stereocenters. The van der Waals surface area contributed by atoms with Gasteiger partial charge in [-0.05, 0) is 31.0 Å². The van der Waals surface area contributed by atoms with E-state index in [1.165, 1.54) is 0 Å². The lowest BCUT2D eigenvalue weighted by atomic mass is 10.1. The summed E-state index contributed by atoms with van der Waals surface area (Å²) in [6, 6.07) is 5.38. The Balaban J connectivity index is 1.78. The molecule has 1 aromatic heterocycles. The van der Waals surface area contributed by atoms with Crippen molar-refractivity contribution in [3.63, 3.8) is 0 Å². The smallest absolute Gasteiger partial charge is 0.246 e. The molecule has 2 N–H and O–H groups in total. The summed E-state index contributed by atoms with van der Waals surface area (Å²) < 4.78 is 32.1. The molecule has 0 fully saturated rings. The summed E-state index contributed by atoms with van der Waals surface area (Å²) in [5.41, 5.74) is 2.76. The van der Waals surface area contributed by atoms with Crippen molar-refractivity contribution in [1.82, 2.24) is 9.88 Å². The van der Waals surface area contributed by atoms with E-state index in [0.717, 1.165) is 16.8 Å². The highest BCUT2D eigenvalue weighted by molar-refractivity contribution is 7.89. The number of anilines is 1. The molecule has 1 aliphatic heterocycles. The van der Waals surface area contributed by atoms with Gasteiger partial charge in [0.15, 0.2) is 5.76 Å². The van der Waals surface area contributed by atoms with Gasteiger partial charge in [0.2, 0.25) is 15.9 Å². The van der Waals surface area contributed by atoms with Gasteiger partial charge >= 0.3 is 0 Å². The van der Waals surface area contributed by atoms with Crippen LogP contribution >= 0.6 is 0 Å². The minimum Gasteiger partial charge on any atom is -0.360 e.